The Morgan fingerprint density at radius 2 is 2.00 bits per heavy atom. The maximum absolute atomic E-state index is 10.1. The zero-order valence-corrected chi connectivity index (χ0v) is 6.85. The first-order valence-electron chi connectivity index (χ1n) is 1.82. The van der Waals surface area contributed by atoms with Crippen LogP contribution in [0, 0.1) is 0 Å². The Morgan fingerprint density at radius 3 is 2.00 bits per heavy atom. The molecule has 0 aliphatic carbocycles. The van der Waals surface area contributed by atoms with Crippen LogP contribution < -0.4 is 0 Å². The van der Waals surface area contributed by atoms with Crippen molar-refractivity contribution in [2.75, 3.05) is 9.86 Å². The molecule has 7 heavy (non-hydrogen) atoms. The van der Waals surface area contributed by atoms with E-state index in [1.54, 1.807) is 0 Å². The molecule has 0 aliphatic heterocycles. The zero-order chi connectivity index (χ0) is 5.86. The summed E-state index contributed by atoms with van der Waals surface area (Å²) in [7, 11) is 0. The average Bonchev–Trinajstić information content (AvgIpc) is 1.27. The van der Waals surface area contributed by atoms with Crippen molar-refractivity contribution in [2.24, 2.45) is 0 Å². The van der Waals surface area contributed by atoms with E-state index in [1.165, 1.54) is 6.92 Å². The molecule has 3 heteroatoms. The fraction of sp³-hybridized carbons (Fsp3) is 0.750. The molecule has 0 radical (unpaired) electrons. The molecule has 0 aliphatic rings. The van der Waals surface area contributed by atoms with E-state index in [2.05, 4.69) is 0 Å². The summed E-state index contributed by atoms with van der Waals surface area (Å²) in [6.45, 7) is 1.44. The van der Waals surface area contributed by atoms with E-state index in [-0.39, 0.29) is 5.97 Å². The van der Waals surface area contributed by atoms with Gasteiger partial charge in [-0.05, 0) is 0 Å². The van der Waals surface area contributed by atoms with Gasteiger partial charge in [0, 0.05) is 0 Å². The molecule has 0 rings (SSSR count). The van der Waals surface area contributed by atoms with Gasteiger partial charge in [0.25, 0.3) is 0 Å². The number of halogens is 1. The van der Waals surface area contributed by atoms with Gasteiger partial charge in [-0.15, -0.1) is 0 Å². The second kappa shape index (κ2) is 3.23. The van der Waals surface area contributed by atoms with Crippen LogP contribution >= 0.6 is 20.2 Å². The normalized spacial score (nSPS) is 10.4. The first-order chi connectivity index (χ1) is 3.13. The molecular weight excluding hydrogens is 207 g/mol. The Hall–Kier alpha value is 0.200. The number of carbonyl (C=O) groups is 1. The molecule has 2 nitrogen and oxygen atoms in total. The average molecular weight is 216 g/mol. The molecule has 0 saturated carbocycles. The Morgan fingerprint density at radius 1 is 1.57 bits per heavy atom. The van der Waals surface area contributed by atoms with Crippen LogP contribution in [-0.2, 0) is 7.86 Å². The summed E-state index contributed by atoms with van der Waals surface area (Å²) in [5.74, 6) is -0.143. The molecule has 0 unspecified atom stereocenters. The molecule has 44 valence electrons. The first kappa shape index (κ1) is 7.20. The van der Waals surface area contributed by atoms with Crippen molar-refractivity contribution in [2.45, 2.75) is 6.92 Å². The third-order valence-electron chi connectivity index (χ3n) is 0.263. The van der Waals surface area contributed by atoms with Gasteiger partial charge >= 0.3 is 50.8 Å². The van der Waals surface area contributed by atoms with Crippen molar-refractivity contribution in [3.05, 3.63) is 0 Å². The van der Waals surface area contributed by atoms with E-state index in [9.17, 15) is 4.79 Å². The van der Waals surface area contributed by atoms with Crippen molar-refractivity contribution < 1.29 is 7.86 Å². The molecule has 0 aromatic rings. The van der Waals surface area contributed by atoms with Crippen LogP contribution in [0.2, 0.25) is 0 Å². The van der Waals surface area contributed by atoms with E-state index in [0.717, 1.165) is 0 Å². The van der Waals surface area contributed by atoms with Gasteiger partial charge in [-0.2, -0.15) is 0 Å². The van der Waals surface area contributed by atoms with Crippen LogP contribution in [0.5, 0.6) is 0 Å². The molecule has 0 aromatic carbocycles. The van der Waals surface area contributed by atoms with Crippen LogP contribution in [0.1, 0.15) is 6.92 Å². The maximum atomic E-state index is 10.1. The summed E-state index contributed by atoms with van der Waals surface area (Å²) >= 11 is -1.22. The van der Waals surface area contributed by atoms with Crippen molar-refractivity contribution in [3.8, 4) is 0 Å². The number of alkyl halides is 2. The molecule has 0 aromatic heterocycles. The number of rotatable bonds is 1. The van der Waals surface area contributed by atoms with Gasteiger partial charge in [-0.25, -0.2) is 0 Å². The number of carbonyl (C=O) groups excluding carboxylic acids is 1. The van der Waals surface area contributed by atoms with Crippen LogP contribution in [0.15, 0.2) is 0 Å². The third-order valence-corrected chi connectivity index (χ3v) is 1.76. The molecular formula is C4H9IO2. The second-order valence-electron chi connectivity index (χ2n) is 1.26. The Labute approximate surface area is 51.2 Å². The molecule has 0 bridgehead atoms. The fourth-order valence-electron chi connectivity index (χ4n) is 0.217. The van der Waals surface area contributed by atoms with Crippen LogP contribution in [-0.4, -0.2) is 15.8 Å². The third kappa shape index (κ3) is 6.20. The van der Waals surface area contributed by atoms with Gasteiger partial charge < -0.3 is 0 Å². The number of hydrogen-bond acceptors (Lipinski definition) is 2. The summed E-state index contributed by atoms with van der Waals surface area (Å²) < 4.78 is 4.77. The molecule has 0 spiro atoms. The summed E-state index contributed by atoms with van der Waals surface area (Å²) in [5, 5.41) is 0. The minimum atomic E-state index is -1.22. The molecule has 0 heterocycles. The topological polar surface area (TPSA) is 26.3 Å². The van der Waals surface area contributed by atoms with Crippen molar-refractivity contribution in [1.82, 2.24) is 0 Å². The van der Waals surface area contributed by atoms with Gasteiger partial charge in [0.15, 0.2) is 0 Å². The summed E-state index contributed by atoms with van der Waals surface area (Å²) in [4.78, 5) is 14.0. The van der Waals surface area contributed by atoms with Crippen LogP contribution in [0.25, 0.3) is 0 Å². The second-order valence-corrected chi connectivity index (χ2v) is 5.61. The van der Waals surface area contributed by atoms with Crippen LogP contribution in [0.3, 0.4) is 0 Å². The summed E-state index contributed by atoms with van der Waals surface area (Å²) in [6, 6.07) is 0. The fourth-order valence-corrected chi connectivity index (χ4v) is 1.46. The van der Waals surface area contributed by atoms with Gasteiger partial charge in [-0.1, -0.05) is 0 Å². The standard InChI is InChI=1S/C4H9IO2/c1-4(6)7-5(2)3/h1-3H3. The summed E-state index contributed by atoms with van der Waals surface area (Å²) in [6.07, 6.45) is 0. The predicted octanol–water partition coefficient (Wildman–Crippen LogP) is 1.23. The van der Waals surface area contributed by atoms with Gasteiger partial charge in [0.2, 0.25) is 0 Å². The van der Waals surface area contributed by atoms with Gasteiger partial charge in [0.1, 0.15) is 0 Å². The minimum absolute atomic E-state index is 0.143. The SMILES string of the molecule is CC(=O)OI(C)C. The molecule has 0 atom stereocenters. The summed E-state index contributed by atoms with van der Waals surface area (Å²) in [5.41, 5.74) is 0. The van der Waals surface area contributed by atoms with Crippen molar-refractivity contribution in [1.29, 1.82) is 0 Å². The van der Waals surface area contributed by atoms with Crippen molar-refractivity contribution >= 4 is 26.2 Å². The quantitative estimate of drug-likeness (QED) is 0.486. The van der Waals surface area contributed by atoms with E-state index in [0.29, 0.717) is 0 Å². The predicted molar refractivity (Wildman–Crippen MR) is 37.6 cm³/mol. The Bertz CT molecular complexity index is 70.1. The van der Waals surface area contributed by atoms with E-state index in [1.807, 2.05) is 9.86 Å². The van der Waals surface area contributed by atoms with Crippen LogP contribution in [0.4, 0.5) is 0 Å². The monoisotopic (exact) mass is 216 g/mol. The first-order valence-corrected chi connectivity index (χ1v) is 7.01. The number of hydrogen-bond donors (Lipinski definition) is 0. The molecule has 0 amide bonds. The molecule has 0 N–H and O–H groups in total. The van der Waals surface area contributed by atoms with Gasteiger partial charge in [-0.3, -0.25) is 0 Å². The molecule has 0 saturated heterocycles. The van der Waals surface area contributed by atoms with E-state index < -0.39 is 20.2 Å². The Kier molecular flexibility index (Phi) is 3.33. The van der Waals surface area contributed by atoms with Gasteiger partial charge in [0.05, 0.1) is 0 Å². The van der Waals surface area contributed by atoms with E-state index in [4.69, 9.17) is 3.07 Å². The molecule has 0 fully saturated rings. The Balaban J connectivity index is 3.13. The van der Waals surface area contributed by atoms with Crippen molar-refractivity contribution in [3.63, 3.8) is 0 Å². The zero-order valence-electron chi connectivity index (χ0n) is 4.69. The van der Waals surface area contributed by atoms with E-state index >= 15 is 0 Å².